The average Bonchev–Trinajstić information content (AvgIpc) is 3.40. The lowest BCUT2D eigenvalue weighted by molar-refractivity contribution is 0.246. The summed E-state index contributed by atoms with van der Waals surface area (Å²) < 4.78 is 4.75. The van der Waals surface area contributed by atoms with Gasteiger partial charge in [0, 0.05) is 50.3 Å². The van der Waals surface area contributed by atoms with Gasteiger partial charge in [0.2, 0.25) is 0 Å². The molecule has 0 N–H and O–H groups in total. The van der Waals surface area contributed by atoms with Gasteiger partial charge in [-0.05, 0) is 18.5 Å². The molecule has 0 saturated carbocycles. The Morgan fingerprint density at radius 1 is 1.03 bits per heavy atom. The molecule has 1 atom stereocenters. The zero-order chi connectivity index (χ0) is 20.0. The van der Waals surface area contributed by atoms with E-state index in [0.717, 1.165) is 43.9 Å². The summed E-state index contributed by atoms with van der Waals surface area (Å²) in [5.41, 5.74) is 1.15. The van der Waals surface area contributed by atoms with Crippen LogP contribution in [0.1, 0.15) is 23.4 Å². The molecule has 2 aliphatic rings. The van der Waals surface area contributed by atoms with E-state index in [1.807, 2.05) is 54.5 Å². The number of rotatable bonds is 4. The van der Waals surface area contributed by atoms with Crippen molar-refractivity contribution in [2.24, 2.45) is 12.5 Å². The lowest BCUT2D eigenvalue weighted by Crippen LogP contribution is -2.43. The van der Waals surface area contributed by atoms with E-state index in [9.17, 15) is 9.59 Å². The van der Waals surface area contributed by atoms with E-state index in [0.29, 0.717) is 13.1 Å². The normalized spacial score (nSPS) is 21.1. The maximum atomic E-state index is 12.8. The number of benzene rings is 1. The van der Waals surface area contributed by atoms with Crippen molar-refractivity contribution >= 4 is 0 Å². The quantitative estimate of drug-likeness (QED) is 0.609. The summed E-state index contributed by atoms with van der Waals surface area (Å²) in [6.07, 6.45) is 5.68. The number of fused-ring (bicyclic) bond motifs is 1. The van der Waals surface area contributed by atoms with Crippen LogP contribution in [0.3, 0.4) is 0 Å². The molecule has 2 aromatic heterocycles. The molecule has 0 bridgehead atoms. The van der Waals surface area contributed by atoms with E-state index in [4.69, 9.17) is 0 Å². The maximum absolute atomic E-state index is 12.8. The van der Waals surface area contributed by atoms with Gasteiger partial charge in [-0.1, -0.05) is 30.3 Å². The monoisotopic (exact) mass is 392 g/mol. The number of hydrogen-bond acceptors (Lipinski definition) is 5. The molecular weight excluding hydrogens is 368 g/mol. The second-order valence-electron chi connectivity index (χ2n) is 8.42. The van der Waals surface area contributed by atoms with Gasteiger partial charge in [-0.2, -0.15) is 10.2 Å². The van der Waals surface area contributed by atoms with Crippen LogP contribution in [0.5, 0.6) is 0 Å². The maximum Gasteiger partial charge on any atom is 0.332 e. The van der Waals surface area contributed by atoms with E-state index in [1.165, 1.54) is 10.2 Å². The number of nitrogens with zero attached hydrogens (tertiary/aromatic N) is 6. The van der Waals surface area contributed by atoms with E-state index < -0.39 is 11.1 Å². The molecule has 1 aromatic carbocycles. The molecule has 1 fully saturated rings. The number of aromatic nitrogens is 5. The minimum absolute atomic E-state index is 0.0141. The largest absolute Gasteiger partial charge is 0.332 e. The first-order valence-corrected chi connectivity index (χ1v) is 9.96. The first-order valence-electron chi connectivity index (χ1n) is 9.96. The zero-order valence-electron chi connectivity index (χ0n) is 16.5. The highest BCUT2D eigenvalue weighted by Gasteiger charge is 2.44. The highest BCUT2D eigenvalue weighted by atomic mass is 16.2. The van der Waals surface area contributed by atoms with Gasteiger partial charge in [-0.15, -0.1) is 0 Å². The Bertz CT molecular complexity index is 1160. The minimum Gasteiger partial charge on any atom is -0.298 e. The average molecular weight is 392 g/mol. The molecule has 150 valence electrons. The molecule has 8 heteroatoms. The zero-order valence-corrected chi connectivity index (χ0v) is 16.5. The molecule has 3 aromatic rings. The summed E-state index contributed by atoms with van der Waals surface area (Å²) in [5.74, 6) is 0.730. The lowest BCUT2D eigenvalue weighted by atomic mass is 9.86. The summed E-state index contributed by atoms with van der Waals surface area (Å²) in [4.78, 5) is 27.8. The molecule has 4 heterocycles. The molecule has 8 nitrogen and oxygen atoms in total. The molecular formula is C21H24N6O2. The van der Waals surface area contributed by atoms with Crippen LogP contribution in [0.15, 0.2) is 52.3 Å². The third-order valence-corrected chi connectivity index (χ3v) is 6.09. The van der Waals surface area contributed by atoms with Crippen LogP contribution in [0, 0.1) is 5.41 Å². The molecule has 0 aliphatic carbocycles. The van der Waals surface area contributed by atoms with Gasteiger partial charge in [0.05, 0.1) is 12.7 Å². The predicted molar refractivity (Wildman–Crippen MR) is 108 cm³/mol. The standard InChI is InChI=1S/C21H24N6O2/c1-24-11-17(10-22-24)12-25-8-7-21(14-25)9-18-23-27(13-16-5-3-2-4-6-16)20(29)19(28)26(18)15-21/h2-6,10-11H,7-9,12-15H2,1H3/t21-/m1/s1. The highest BCUT2D eigenvalue weighted by Crippen LogP contribution is 2.39. The van der Waals surface area contributed by atoms with Crippen molar-refractivity contribution in [1.29, 1.82) is 0 Å². The Morgan fingerprint density at radius 2 is 1.86 bits per heavy atom. The van der Waals surface area contributed by atoms with Crippen LogP contribution >= 0.6 is 0 Å². The Morgan fingerprint density at radius 3 is 2.62 bits per heavy atom. The topological polar surface area (TPSA) is 78.0 Å². The third kappa shape index (κ3) is 3.33. The van der Waals surface area contributed by atoms with E-state index in [2.05, 4.69) is 15.1 Å². The second-order valence-corrected chi connectivity index (χ2v) is 8.42. The molecule has 0 radical (unpaired) electrons. The second kappa shape index (κ2) is 6.81. The van der Waals surface area contributed by atoms with Crippen LogP contribution in [-0.4, -0.2) is 42.1 Å². The highest BCUT2D eigenvalue weighted by molar-refractivity contribution is 5.15. The molecule has 29 heavy (non-hydrogen) atoms. The van der Waals surface area contributed by atoms with E-state index >= 15 is 0 Å². The Kier molecular flexibility index (Phi) is 4.24. The first-order chi connectivity index (χ1) is 14.0. The lowest BCUT2D eigenvalue weighted by Gasteiger charge is -2.22. The fourth-order valence-corrected chi connectivity index (χ4v) is 4.71. The van der Waals surface area contributed by atoms with E-state index in [-0.39, 0.29) is 5.41 Å². The van der Waals surface area contributed by atoms with Gasteiger partial charge in [0.1, 0.15) is 5.82 Å². The van der Waals surface area contributed by atoms with Crippen molar-refractivity contribution in [3.05, 3.63) is 80.4 Å². The predicted octanol–water partition coefficient (Wildman–Crippen LogP) is 0.635. The molecule has 0 amide bonds. The van der Waals surface area contributed by atoms with Crippen molar-refractivity contribution in [3.8, 4) is 0 Å². The number of hydrogen-bond donors (Lipinski definition) is 0. The van der Waals surface area contributed by atoms with Gasteiger partial charge in [-0.25, -0.2) is 4.68 Å². The third-order valence-electron chi connectivity index (χ3n) is 6.09. The van der Waals surface area contributed by atoms with Gasteiger partial charge in [0.25, 0.3) is 0 Å². The summed E-state index contributed by atoms with van der Waals surface area (Å²) in [6.45, 7) is 3.64. The molecule has 1 spiro atoms. The first kappa shape index (κ1) is 18.1. The molecule has 0 unspecified atom stereocenters. The van der Waals surface area contributed by atoms with Gasteiger partial charge in [-0.3, -0.25) is 23.7 Å². The number of likely N-dealkylation sites (tertiary alicyclic amines) is 1. The van der Waals surface area contributed by atoms with Crippen molar-refractivity contribution < 1.29 is 0 Å². The van der Waals surface area contributed by atoms with Crippen LogP contribution in [0.4, 0.5) is 0 Å². The van der Waals surface area contributed by atoms with Crippen molar-refractivity contribution in [1.82, 2.24) is 29.0 Å². The minimum atomic E-state index is -0.542. The van der Waals surface area contributed by atoms with Crippen molar-refractivity contribution in [2.75, 3.05) is 13.1 Å². The SMILES string of the molecule is Cn1cc(CN2CC[C@@]3(Cc4nn(Cc5ccccc5)c(=O)c(=O)n4C3)C2)cn1. The smallest absolute Gasteiger partial charge is 0.298 e. The molecule has 5 rings (SSSR count). The summed E-state index contributed by atoms with van der Waals surface area (Å²) >= 11 is 0. The van der Waals surface area contributed by atoms with Crippen molar-refractivity contribution in [3.63, 3.8) is 0 Å². The van der Waals surface area contributed by atoms with E-state index in [1.54, 1.807) is 4.57 Å². The summed E-state index contributed by atoms with van der Waals surface area (Å²) in [7, 11) is 1.92. The van der Waals surface area contributed by atoms with Crippen LogP contribution < -0.4 is 11.1 Å². The fourth-order valence-electron chi connectivity index (χ4n) is 4.71. The molecule has 2 aliphatic heterocycles. The molecule has 1 saturated heterocycles. The van der Waals surface area contributed by atoms with Crippen LogP contribution in [0.25, 0.3) is 0 Å². The fraction of sp³-hybridized carbons (Fsp3) is 0.429. The van der Waals surface area contributed by atoms with Gasteiger partial charge >= 0.3 is 11.1 Å². The van der Waals surface area contributed by atoms with Gasteiger partial charge in [0.15, 0.2) is 0 Å². The van der Waals surface area contributed by atoms with Crippen LogP contribution in [-0.2, 0) is 33.1 Å². The Balaban J connectivity index is 1.37. The van der Waals surface area contributed by atoms with Crippen molar-refractivity contribution in [2.45, 2.75) is 32.5 Å². The number of aryl methyl sites for hydroxylation is 1. The summed E-state index contributed by atoms with van der Waals surface area (Å²) in [5, 5.41) is 8.82. The Hall–Kier alpha value is -3.00. The van der Waals surface area contributed by atoms with Gasteiger partial charge < -0.3 is 0 Å². The van der Waals surface area contributed by atoms with Crippen LogP contribution in [0.2, 0.25) is 0 Å². The Labute approximate surface area is 168 Å². The summed E-state index contributed by atoms with van der Waals surface area (Å²) in [6, 6.07) is 9.65.